The number of fused-ring (bicyclic) bond motifs is 2. The number of methoxy groups -OCH3 is 2. The van der Waals surface area contributed by atoms with E-state index in [9.17, 15) is 14.4 Å². The Morgan fingerprint density at radius 1 is 0.964 bits per heavy atom. The summed E-state index contributed by atoms with van der Waals surface area (Å²) in [7, 11) is 3.16. The number of likely N-dealkylation sites (tertiary alicyclic amines) is 1. The molecular formula is C21H26N2O5. The summed E-state index contributed by atoms with van der Waals surface area (Å²) in [4.78, 5) is 40.7. The average molecular weight is 386 g/mol. The first-order valence-electron chi connectivity index (χ1n) is 9.88. The van der Waals surface area contributed by atoms with E-state index in [1.807, 2.05) is 23.1 Å². The van der Waals surface area contributed by atoms with Gasteiger partial charge in [0.25, 0.3) is 0 Å². The number of hydrogen-bond acceptors (Lipinski definition) is 5. The summed E-state index contributed by atoms with van der Waals surface area (Å²) in [5.41, 5.74) is 0.883. The Hall–Kier alpha value is -2.57. The summed E-state index contributed by atoms with van der Waals surface area (Å²) in [5.74, 6) is 1.23. The molecule has 150 valence electrons. The van der Waals surface area contributed by atoms with Crippen LogP contribution in [-0.4, -0.2) is 59.9 Å². The third-order valence-corrected chi connectivity index (χ3v) is 6.25. The quantitative estimate of drug-likeness (QED) is 0.723. The van der Waals surface area contributed by atoms with E-state index in [-0.39, 0.29) is 35.8 Å². The van der Waals surface area contributed by atoms with Crippen LogP contribution in [0.3, 0.4) is 0 Å². The van der Waals surface area contributed by atoms with E-state index >= 15 is 0 Å². The molecule has 0 aliphatic carbocycles. The van der Waals surface area contributed by atoms with Gasteiger partial charge in [-0.05, 0) is 43.4 Å². The Kier molecular flexibility index (Phi) is 5.00. The molecule has 3 saturated heterocycles. The molecule has 2 atom stereocenters. The number of ether oxygens (including phenoxy) is 2. The highest BCUT2D eigenvalue weighted by atomic mass is 16.5. The van der Waals surface area contributed by atoms with Crippen LogP contribution in [0, 0.1) is 0 Å². The molecule has 3 aliphatic rings. The number of nitrogens with zero attached hydrogens (tertiary/aromatic N) is 2. The highest BCUT2D eigenvalue weighted by Gasteiger charge is 2.47. The highest BCUT2D eigenvalue weighted by Crippen LogP contribution is 2.39. The molecule has 0 saturated carbocycles. The molecule has 0 N–H and O–H groups in total. The van der Waals surface area contributed by atoms with Crippen molar-refractivity contribution in [3.05, 3.63) is 23.8 Å². The molecule has 2 bridgehead atoms. The molecule has 1 aromatic carbocycles. The fourth-order valence-electron chi connectivity index (χ4n) is 5.02. The predicted molar refractivity (Wildman–Crippen MR) is 101 cm³/mol. The molecule has 3 fully saturated rings. The SMILES string of the molecule is COc1ccc(CC(=O)N2C3CCC2CC(N2C(=O)CCC2=O)C3)cc1OC. The van der Waals surface area contributed by atoms with E-state index < -0.39 is 0 Å². The minimum Gasteiger partial charge on any atom is -0.493 e. The summed E-state index contributed by atoms with van der Waals surface area (Å²) in [6.07, 6.45) is 4.24. The lowest BCUT2D eigenvalue weighted by atomic mass is 9.95. The van der Waals surface area contributed by atoms with Crippen molar-refractivity contribution < 1.29 is 23.9 Å². The third-order valence-electron chi connectivity index (χ3n) is 6.25. The van der Waals surface area contributed by atoms with Crippen molar-refractivity contribution in [2.24, 2.45) is 0 Å². The van der Waals surface area contributed by atoms with Gasteiger partial charge in [0.2, 0.25) is 17.7 Å². The van der Waals surface area contributed by atoms with Gasteiger partial charge in [0.1, 0.15) is 0 Å². The first-order chi connectivity index (χ1) is 13.5. The fraction of sp³-hybridized carbons (Fsp3) is 0.571. The molecule has 7 heteroatoms. The van der Waals surface area contributed by atoms with Crippen LogP contribution in [0.2, 0.25) is 0 Å². The lowest BCUT2D eigenvalue weighted by molar-refractivity contribution is -0.144. The van der Waals surface area contributed by atoms with E-state index in [2.05, 4.69) is 0 Å². The van der Waals surface area contributed by atoms with Crippen LogP contribution in [0.15, 0.2) is 18.2 Å². The van der Waals surface area contributed by atoms with Gasteiger partial charge in [-0.25, -0.2) is 0 Å². The molecular weight excluding hydrogens is 360 g/mol. The zero-order valence-electron chi connectivity index (χ0n) is 16.3. The van der Waals surface area contributed by atoms with E-state index in [4.69, 9.17) is 9.47 Å². The van der Waals surface area contributed by atoms with Crippen molar-refractivity contribution >= 4 is 17.7 Å². The van der Waals surface area contributed by atoms with Crippen molar-refractivity contribution in [1.82, 2.24) is 9.80 Å². The molecule has 0 spiro atoms. The second-order valence-corrected chi connectivity index (χ2v) is 7.83. The van der Waals surface area contributed by atoms with Gasteiger partial charge < -0.3 is 14.4 Å². The lowest BCUT2D eigenvalue weighted by Gasteiger charge is -2.41. The molecule has 3 aliphatic heterocycles. The van der Waals surface area contributed by atoms with E-state index in [1.54, 1.807) is 14.2 Å². The van der Waals surface area contributed by atoms with Crippen molar-refractivity contribution in [2.75, 3.05) is 14.2 Å². The average Bonchev–Trinajstić information content (AvgIpc) is 3.17. The summed E-state index contributed by atoms with van der Waals surface area (Å²) in [6.45, 7) is 0. The Labute approximate surface area is 164 Å². The van der Waals surface area contributed by atoms with Crippen molar-refractivity contribution in [3.63, 3.8) is 0 Å². The van der Waals surface area contributed by atoms with Gasteiger partial charge in [0, 0.05) is 31.0 Å². The highest BCUT2D eigenvalue weighted by molar-refractivity contribution is 6.02. The fourth-order valence-corrected chi connectivity index (χ4v) is 5.02. The maximum Gasteiger partial charge on any atom is 0.229 e. The number of imide groups is 1. The Bertz CT molecular complexity index is 778. The van der Waals surface area contributed by atoms with Gasteiger partial charge in [0.05, 0.1) is 20.6 Å². The maximum atomic E-state index is 13.0. The normalized spacial score (nSPS) is 26.7. The van der Waals surface area contributed by atoms with Crippen LogP contribution in [0.4, 0.5) is 0 Å². The molecule has 3 heterocycles. The van der Waals surface area contributed by atoms with Gasteiger partial charge in [-0.2, -0.15) is 0 Å². The summed E-state index contributed by atoms with van der Waals surface area (Å²) >= 11 is 0. The Balaban J connectivity index is 1.45. The molecule has 0 radical (unpaired) electrons. The minimum atomic E-state index is -0.0560. The number of hydrogen-bond donors (Lipinski definition) is 0. The molecule has 2 unspecified atom stereocenters. The number of amides is 3. The van der Waals surface area contributed by atoms with Gasteiger partial charge in [0.15, 0.2) is 11.5 Å². The van der Waals surface area contributed by atoms with E-state index in [0.717, 1.165) is 18.4 Å². The number of benzene rings is 1. The zero-order valence-corrected chi connectivity index (χ0v) is 16.3. The van der Waals surface area contributed by atoms with Crippen molar-refractivity contribution in [1.29, 1.82) is 0 Å². The topological polar surface area (TPSA) is 76.2 Å². The predicted octanol–water partition coefficient (Wildman–Crippen LogP) is 1.92. The summed E-state index contributed by atoms with van der Waals surface area (Å²) in [6, 6.07) is 5.70. The second kappa shape index (κ2) is 7.45. The van der Waals surface area contributed by atoms with Gasteiger partial charge in [-0.15, -0.1) is 0 Å². The maximum absolute atomic E-state index is 13.0. The zero-order chi connectivity index (χ0) is 19.8. The van der Waals surface area contributed by atoms with Crippen LogP contribution in [0.25, 0.3) is 0 Å². The monoisotopic (exact) mass is 386 g/mol. The number of rotatable bonds is 5. The molecule has 4 rings (SSSR count). The molecule has 0 aromatic heterocycles. The van der Waals surface area contributed by atoms with Gasteiger partial charge >= 0.3 is 0 Å². The van der Waals surface area contributed by atoms with Gasteiger partial charge in [-0.3, -0.25) is 19.3 Å². The number of carbonyl (C=O) groups is 3. The summed E-state index contributed by atoms with van der Waals surface area (Å²) in [5, 5.41) is 0. The van der Waals surface area contributed by atoms with E-state index in [1.165, 1.54) is 4.90 Å². The van der Waals surface area contributed by atoms with Crippen LogP contribution < -0.4 is 9.47 Å². The van der Waals surface area contributed by atoms with Crippen LogP contribution in [0.1, 0.15) is 44.1 Å². The standard InChI is InChI=1S/C21H26N2O5/c1-27-17-6-3-13(9-18(17)28-2)10-21(26)22-14-4-5-15(22)12-16(11-14)23-19(24)7-8-20(23)25/h3,6,9,14-16H,4-5,7-8,10-12H2,1-2H3. The van der Waals surface area contributed by atoms with Crippen LogP contribution in [-0.2, 0) is 20.8 Å². The first kappa shape index (κ1) is 18.8. The Morgan fingerprint density at radius 3 is 2.14 bits per heavy atom. The lowest BCUT2D eigenvalue weighted by Crippen LogP contribution is -2.54. The van der Waals surface area contributed by atoms with Crippen molar-refractivity contribution in [3.8, 4) is 11.5 Å². The van der Waals surface area contributed by atoms with E-state index in [0.29, 0.717) is 43.6 Å². The molecule has 1 aromatic rings. The largest absolute Gasteiger partial charge is 0.493 e. The first-order valence-corrected chi connectivity index (χ1v) is 9.88. The summed E-state index contributed by atoms with van der Waals surface area (Å²) < 4.78 is 10.6. The van der Waals surface area contributed by atoms with Crippen molar-refractivity contribution in [2.45, 2.75) is 63.1 Å². The molecule has 7 nitrogen and oxygen atoms in total. The minimum absolute atomic E-state index is 0.0508. The smallest absolute Gasteiger partial charge is 0.229 e. The second-order valence-electron chi connectivity index (χ2n) is 7.83. The third kappa shape index (κ3) is 3.23. The Morgan fingerprint density at radius 2 is 1.57 bits per heavy atom. The number of carbonyl (C=O) groups excluding carboxylic acids is 3. The van der Waals surface area contributed by atoms with Gasteiger partial charge in [-0.1, -0.05) is 6.07 Å². The molecule has 28 heavy (non-hydrogen) atoms. The van der Waals surface area contributed by atoms with Crippen LogP contribution in [0.5, 0.6) is 11.5 Å². The molecule has 3 amide bonds. The van der Waals surface area contributed by atoms with Crippen LogP contribution >= 0.6 is 0 Å². The number of piperidine rings is 1.